The van der Waals surface area contributed by atoms with E-state index in [1.165, 1.54) is 19.3 Å². The van der Waals surface area contributed by atoms with Crippen molar-refractivity contribution >= 4 is 28.3 Å². The zero-order chi connectivity index (χ0) is 17.2. The van der Waals surface area contributed by atoms with E-state index < -0.39 is 0 Å². The van der Waals surface area contributed by atoms with Crippen molar-refractivity contribution in [2.75, 3.05) is 11.9 Å². The van der Waals surface area contributed by atoms with Crippen LogP contribution in [0, 0.1) is 17.8 Å². The number of amides is 1. The molecule has 2 aliphatic carbocycles. The fourth-order valence-corrected chi connectivity index (χ4v) is 4.51. The van der Waals surface area contributed by atoms with Gasteiger partial charge in [-0.1, -0.05) is 36.8 Å². The van der Waals surface area contributed by atoms with Crippen molar-refractivity contribution in [3.05, 3.63) is 42.5 Å². The average Bonchev–Trinajstić information content (AvgIpc) is 3.23. The van der Waals surface area contributed by atoms with Gasteiger partial charge < -0.3 is 10.1 Å². The first-order valence-corrected chi connectivity index (χ1v) is 9.11. The average molecular weight is 337 g/mol. The number of rotatable bonds is 5. The van der Waals surface area contributed by atoms with Crippen LogP contribution in [0.15, 0.2) is 42.5 Å². The van der Waals surface area contributed by atoms with E-state index in [4.69, 9.17) is 4.74 Å². The Kier molecular flexibility index (Phi) is 4.43. The van der Waals surface area contributed by atoms with E-state index in [9.17, 15) is 9.59 Å². The first-order chi connectivity index (χ1) is 12.2. The van der Waals surface area contributed by atoms with Gasteiger partial charge in [0.1, 0.15) is 0 Å². The van der Waals surface area contributed by atoms with Gasteiger partial charge >= 0.3 is 5.97 Å². The van der Waals surface area contributed by atoms with Crippen LogP contribution in [0.1, 0.15) is 32.1 Å². The Labute approximate surface area is 147 Å². The molecule has 4 heteroatoms. The predicted octanol–water partition coefficient (Wildman–Crippen LogP) is 4.15. The Morgan fingerprint density at radius 2 is 1.88 bits per heavy atom. The van der Waals surface area contributed by atoms with Gasteiger partial charge in [-0.05, 0) is 59.9 Å². The van der Waals surface area contributed by atoms with Crippen LogP contribution in [0.2, 0.25) is 0 Å². The molecule has 0 radical (unpaired) electrons. The number of esters is 1. The third kappa shape index (κ3) is 3.68. The molecule has 1 amide bonds. The summed E-state index contributed by atoms with van der Waals surface area (Å²) in [6.07, 6.45) is 5.48. The second kappa shape index (κ2) is 6.87. The van der Waals surface area contributed by atoms with E-state index >= 15 is 0 Å². The van der Waals surface area contributed by atoms with Crippen molar-refractivity contribution < 1.29 is 14.3 Å². The summed E-state index contributed by atoms with van der Waals surface area (Å²) in [7, 11) is 0. The van der Waals surface area contributed by atoms with Crippen LogP contribution in [0.3, 0.4) is 0 Å². The number of nitrogens with one attached hydrogen (secondary N) is 1. The summed E-state index contributed by atoms with van der Waals surface area (Å²) in [5, 5.41) is 4.98. The summed E-state index contributed by atoms with van der Waals surface area (Å²) in [6.45, 7) is -0.216. The summed E-state index contributed by atoms with van der Waals surface area (Å²) >= 11 is 0. The van der Waals surface area contributed by atoms with Crippen molar-refractivity contribution in [2.24, 2.45) is 17.8 Å². The van der Waals surface area contributed by atoms with E-state index in [-0.39, 0.29) is 18.5 Å². The molecule has 2 fully saturated rings. The van der Waals surface area contributed by atoms with Gasteiger partial charge in [-0.25, -0.2) is 0 Å². The molecule has 2 bridgehead atoms. The number of fused-ring (bicyclic) bond motifs is 3. The number of hydrogen-bond acceptors (Lipinski definition) is 3. The maximum Gasteiger partial charge on any atom is 0.306 e. The fraction of sp³-hybridized carbons (Fsp3) is 0.429. The molecular formula is C21H23NO3. The van der Waals surface area contributed by atoms with Gasteiger partial charge in [-0.3, -0.25) is 9.59 Å². The van der Waals surface area contributed by atoms with Gasteiger partial charge in [-0.2, -0.15) is 0 Å². The van der Waals surface area contributed by atoms with Crippen LogP contribution < -0.4 is 5.32 Å². The molecule has 0 spiro atoms. The highest BCUT2D eigenvalue weighted by Crippen LogP contribution is 2.49. The SMILES string of the molecule is O=C(COC(=O)C[C@@H]1C[C@H]2CC[C@@H]1C2)Nc1ccc2ccccc2c1. The molecule has 0 unspecified atom stereocenters. The van der Waals surface area contributed by atoms with Crippen LogP contribution >= 0.6 is 0 Å². The molecule has 3 atom stereocenters. The van der Waals surface area contributed by atoms with Crippen LogP contribution in [0.4, 0.5) is 5.69 Å². The van der Waals surface area contributed by atoms with Gasteiger partial charge in [-0.15, -0.1) is 0 Å². The second-order valence-corrected chi connectivity index (χ2v) is 7.41. The maximum atomic E-state index is 12.0. The minimum absolute atomic E-state index is 0.216. The van der Waals surface area contributed by atoms with Crippen LogP contribution in [-0.4, -0.2) is 18.5 Å². The van der Waals surface area contributed by atoms with E-state index in [1.54, 1.807) is 0 Å². The Morgan fingerprint density at radius 3 is 2.64 bits per heavy atom. The van der Waals surface area contributed by atoms with Crippen molar-refractivity contribution in [1.82, 2.24) is 0 Å². The minimum Gasteiger partial charge on any atom is -0.456 e. The number of hydrogen-bond donors (Lipinski definition) is 1. The maximum absolute atomic E-state index is 12.0. The zero-order valence-corrected chi connectivity index (χ0v) is 14.2. The highest BCUT2D eigenvalue weighted by Gasteiger charge is 2.40. The molecule has 2 saturated carbocycles. The molecule has 2 aliphatic rings. The number of carbonyl (C=O) groups excluding carboxylic acids is 2. The fourth-order valence-electron chi connectivity index (χ4n) is 4.51. The lowest BCUT2D eigenvalue weighted by Gasteiger charge is -2.20. The number of anilines is 1. The van der Waals surface area contributed by atoms with Crippen molar-refractivity contribution in [2.45, 2.75) is 32.1 Å². The molecule has 0 aromatic heterocycles. The van der Waals surface area contributed by atoms with Crippen molar-refractivity contribution in [1.29, 1.82) is 0 Å². The second-order valence-electron chi connectivity index (χ2n) is 7.41. The smallest absolute Gasteiger partial charge is 0.306 e. The summed E-state index contributed by atoms with van der Waals surface area (Å²) in [5.41, 5.74) is 0.716. The first-order valence-electron chi connectivity index (χ1n) is 9.11. The van der Waals surface area contributed by atoms with Crippen molar-refractivity contribution in [3.63, 3.8) is 0 Å². The number of benzene rings is 2. The third-order valence-electron chi connectivity index (χ3n) is 5.71. The van der Waals surface area contributed by atoms with Crippen LogP contribution in [0.25, 0.3) is 10.8 Å². The number of carbonyl (C=O) groups is 2. The lowest BCUT2D eigenvalue weighted by Crippen LogP contribution is -2.23. The van der Waals surface area contributed by atoms with E-state index in [0.717, 1.165) is 23.1 Å². The topological polar surface area (TPSA) is 55.4 Å². The highest BCUT2D eigenvalue weighted by molar-refractivity contribution is 5.95. The summed E-state index contributed by atoms with van der Waals surface area (Å²) in [5.74, 6) is 1.44. The normalized spacial score (nSPS) is 24.4. The zero-order valence-electron chi connectivity index (χ0n) is 14.2. The Morgan fingerprint density at radius 1 is 1.04 bits per heavy atom. The monoisotopic (exact) mass is 337 g/mol. The van der Waals surface area contributed by atoms with Gasteiger partial charge in [0, 0.05) is 12.1 Å². The van der Waals surface area contributed by atoms with Gasteiger partial charge in [0.25, 0.3) is 5.91 Å². The molecule has 2 aromatic rings. The molecule has 2 aromatic carbocycles. The lowest BCUT2D eigenvalue weighted by atomic mass is 9.86. The third-order valence-corrected chi connectivity index (χ3v) is 5.71. The lowest BCUT2D eigenvalue weighted by molar-refractivity contribution is -0.148. The largest absolute Gasteiger partial charge is 0.456 e. The van der Waals surface area contributed by atoms with E-state index in [0.29, 0.717) is 23.9 Å². The first kappa shape index (κ1) is 16.1. The summed E-state index contributed by atoms with van der Waals surface area (Å²) in [6, 6.07) is 13.7. The number of ether oxygens (including phenoxy) is 1. The van der Waals surface area contributed by atoms with Gasteiger partial charge in [0.2, 0.25) is 0 Å². The molecule has 4 rings (SSSR count). The molecule has 4 nitrogen and oxygen atoms in total. The van der Waals surface area contributed by atoms with Crippen molar-refractivity contribution in [3.8, 4) is 0 Å². The molecule has 1 N–H and O–H groups in total. The van der Waals surface area contributed by atoms with E-state index in [1.807, 2.05) is 42.5 Å². The van der Waals surface area contributed by atoms with Crippen LogP contribution in [-0.2, 0) is 14.3 Å². The summed E-state index contributed by atoms with van der Waals surface area (Å²) < 4.78 is 5.18. The molecule has 130 valence electrons. The van der Waals surface area contributed by atoms with E-state index in [2.05, 4.69) is 5.32 Å². The Bertz CT molecular complexity index is 801. The Hall–Kier alpha value is -2.36. The quantitative estimate of drug-likeness (QED) is 0.834. The molecule has 0 heterocycles. The van der Waals surface area contributed by atoms with Gasteiger partial charge in [0.05, 0.1) is 0 Å². The standard InChI is InChI=1S/C21H23NO3/c23-20(22-19-8-7-15-3-1-2-4-16(15)11-19)13-25-21(24)12-18-10-14-5-6-17(18)9-14/h1-4,7-8,11,14,17-18H,5-6,9-10,12-13H2,(H,22,23)/t14-,17+,18-/m0/s1. The highest BCUT2D eigenvalue weighted by atomic mass is 16.5. The minimum atomic E-state index is -0.295. The molecule has 25 heavy (non-hydrogen) atoms. The molecular weight excluding hydrogens is 314 g/mol. The Balaban J connectivity index is 1.26. The molecule has 0 aliphatic heterocycles. The van der Waals surface area contributed by atoms with Crippen LogP contribution in [0.5, 0.6) is 0 Å². The predicted molar refractivity (Wildman–Crippen MR) is 97.1 cm³/mol. The molecule has 0 saturated heterocycles. The van der Waals surface area contributed by atoms with Gasteiger partial charge in [0.15, 0.2) is 6.61 Å². The summed E-state index contributed by atoms with van der Waals surface area (Å²) in [4.78, 5) is 24.0.